The zero-order valence-electron chi connectivity index (χ0n) is 12.3. The Bertz CT molecular complexity index is 456. The fraction of sp³-hybridized carbons (Fsp3) is 0.562. The smallest absolute Gasteiger partial charge is 0.236 e. The molecule has 0 aliphatic carbocycles. The largest absolute Gasteiger partial charge is 0.342 e. The van der Waals surface area contributed by atoms with Crippen molar-refractivity contribution in [2.45, 2.75) is 26.3 Å². The Morgan fingerprint density at radius 1 is 1.35 bits per heavy atom. The van der Waals surface area contributed by atoms with Gasteiger partial charge in [0.05, 0.1) is 6.54 Å². The van der Waals surface area contributed by atoms with Gasteiger partial charge in [-0.3, -0.25) is 9.69 Å². The molecule has 0 spiro atoms. The number of halogens is 1. The van der Waals surface area contributed by atoms with Crippen molar-refractivity contribution in [2.24, 2.45) is 5.92 Å². The average Bonchev–Trinajstić information content (AvgIpc) is 2.42. The van der Waals surface area contributed by atoms with Crippen molar-refractivity contribution in [2.75, 3.05) is 26.7 Å². The van der Waals surface area contributed by atoms with Crippen LogP contribution < -0.4 is 0 Å². The van der Waals surface area contributed by atoms with Crippen LogP contribution in [-0.2, 0) is 11.3 Å². The van der Waals surface area contributed by atoms with E-state index in [1.807, 2.05) is 41.1 Å². The summed E-state index contributed by atoms with van der Waals surface area (Å²) < 4.78 is 0. The van der Waals surface area contributed by atoms with E-state index in [1.54, 1.807) is 0 Å². The van der Waals surface area contributed by atoms with Crippen molar-refractivity contribution in [3.8, 4) is 0 Å². The number of hydrogen-bond donors (Lipinski definition) is 0. The second-order valence-electron chi connectivity index (χ2n) is 5.83. The molecule has 1 fully saturated rings. The van der Waals surface area contributed by atoms with E-state index in [4.69, 9.17) is 11.6 Å². The Labute approximate surface area is 126 Å². The third kappa shape index (κ3) is 4.22. The minimum absolute atomic E-state index is 0.228. The molecule has 20 heavy (non-hydrogen) atoms. The van der Waals surface area contributed by atoms with E-state index in [-0.39, 0.29) is 5.91 Å². The van der Waals surface area contributed by atoms with Gasteiger partial charge < -0.3 is 4.90 Å². The number of likely N-dealkylation sites (N-methyl/N-ethyl adjacent to an activating group) is 1. The normalized spacial score (nSPS) is 16.7. The summed E-state index contributed by atoms with van der Waals surface area (Å²) in [5, 5.41) is 0.763. The maximum atomic E-state index is 12.2. The molecule has 0 aromatic heterocycles. The molecule has 4 heteroatoms. The summed E-state index contributed by atoms with van der Waals surface area (Å²) >= 11 is 6.15. The summed E-state index contributed by atoms with van der Waals surface area (Å²) in [4.78, 5) is 16.3. The molecule has 1 aliphatic rings. The first-order chi connectivity index (χ1) is 9.56. The Balaban J connectivity index is 1.83. The van der Waals surface area contributed by atoms with Gasteiger partial charge in [-0.1, -0.05) is 36.7 Å². The summed E-state index contributed by atoms with van der Waals surface area (Å²) in [7, 11) is 1.97. The lowest BCUT2D eigenvalue weighted by atomic mass is 9.99. The van der Waals surface area contributed by atoms with Gasteiger partial charge in [0.25, 0.3) is 0 Å². The number of amides is 1. The Morgan fingerprint density at radius 3 is 2.65 bits per heavy atom. The van der Waals surface area contributed by atoms with Crippen molar-refractivity contribution in [1.82, 2.24) is 9.80 Å². The number of carbonyl (C=O) groups is 1. The standard InChI is InChI=1S/C16H23ClN2O/c1-13-7-9-19(10-8-13)16(20)12-18(2)11-14-5-3-4-6-15(14)17/h3-6,13H,7-12H2,1-2H3. The molecule has 1 amide bonds. The second-order valence-corrected chi connectivity index (χ2v) is 6.23. The van der Waals surface area contributed by atoms with Gasteiger partial charge in [-0.05, 0) is 37.4 Å². The zero-order valence-corrected chi connectivity index (χ0v) is 13.1. The Morgan fingerprint density at radius 2 is 2.00 bits per heavy atom. The van der Waals surface area contributed by atoms with Crippen LogP contribution in [0.3, 0.4) is 0 Å². The lowest BCUT2D eigenvalue weighted by molar-refractivity contribution is -0.133. The van der Waals surface area contributed by atoms with E-state index in [9.17, 15) is 4.79 Å². The van der Waals surface area contributed by atoms with E-state index in [2.05, 4.69) is 6.92 Å². The van der Waals surface area contributed by atoms with Gasteiger partial charge in [0.2, 0.25) is 5.91 Å². The highest BCUT2D eigenvalue weighted by molar-refractivity contribution is 6.31. The van der Waals surface area contributed by atoms with E-state index >= 15 is 0 Å². The first-order valence-corrected chi connectivity index (χ1v) is 7.64. The summed E-state index contributed by atoms with van der Waals surface area (Å²) in [6, 6.07) is 7.79. The molecule has 1 saturated heterocycles. The van der Waals surface area contributed by atoms with Gasteiger partial charge >= 0.3 is 0 Å². The number of rotatable bonds is 4. The molecule has 0 atom stereocenters. The number of piperidine rings is 1. The topological polar surface area (TPSA) is 23.6 Å². The Hall–Kier alpha value is -1.06. The van der Waals surface area contributed by atoms with Crippen molar-refractivity contribution in [3.63, 3.8) is 0 Å². The molecule has 0 radical (unpaired) electrons. The molecular formula is C16H23ClN2O. The molecule has 1 heterocycles. The predicted octanol–water partition coefficient (Wildman–Crippen LogP) is 3.03. The van der Waals surface area contributed by atoms with Crippen LogP contribution in [0, 0.1) is 5.92 Å². The quantitative estimate of drug-likeness (QED) is 0.852. The van der Waals surface area contributed by atoms with Gasteiger partial charge in [0, 0.05) is 24.7 Å². The van der Waals surface area contributed by atoms with Crippen LogP contribution in [0.25, 0.3) is 0 Å². The lowest BCUT2D eigenvalue weighted by Gasteiger charge is -2.31. The summed E-state index contributed by atoms with van der Waals surface area (Å²) in [5.74, 6) is 0.978. The monoisotopic (exact) mass is 294 g/mol. The number of hydrogen-bond acceptors (Lipinski definition) is 2. The minimum atomic E-state index is 0.228. The summed E-state index contributed by atoms with van der Waals surface area (Å²) in [6.07, 6.45) is 2.25. The third-order valence-electron chi connectivity index (χ3n) is 3.94. The molecular weight excluding hydrogens is 272 g/mol. The second kappa shape index (κ2) is 7.09. The van der Waals surface area contributed by atoms with Crippen LogP contribution in [0.5, 0.6) is 0 Å². The Kier molecular flexibility index (Phi) is 5.44. The summed E-state index contributed by atoms with van der Waals surface area (Å²) in [5.41, 5.74) is 1.07. The highest BCUT2D eigenvalue weighted by atomic mass is 35.5. The first-order valence-electron chi connectivity index (χ1n) is 7.26. The first kappa shape index (κ1) is 15.3. The molecule has 1 aliphatic heterocycles. The van der Waals surface area contributed by atoms with Crippen LogP contribution in [0.4, 0.5) is 0 Å². The van der Waals surface area contributed by atoms with E-state index in [0.29, 0.717) is 13.1 Å². The van der Waals surface area contributed by atoms with E-state index in [1.165, 1.54) is 0 Å². The molecule has 2 rings (SSSR count). The van der Waals surface area contributed by atoms with Crippen LogP contribution in [0.1, 0.15) is 25.3 Å². The maximum Gasteiger partial charge on any atom is 0.236 e. The summed E-state index contributed by atoms with van der Waals surface area (Å²) in [6.45, 7) is 5.22. The van der Waals surface area contributed by atoms with Gasteiger partial charge in [-0.25, -0.2) is 0 Å². The van der Waals surface area contributed by atoms with E-state index in [0.717, 1.165) is 42.4 Å². The van der Waals surface area contributed by atoms with Crippen molar-refractivity contribution in [3.05, 3.63) is 34.9 Å². The SMILES string of the molecule is CC1CCN(C(=O)CN(C)Cc2ccccc2Cl)CC1. The zero-order chi connectivity index (χ0) is 14.5. The van der Waals surface area contributed by atoms with E-state index < -0.39 is 0 Å². The van der Waals surface area contributed by atoms with Crippen LogP contribution >= 0.6 is 11.6 Å². The van der Waals surface area contributed by atoms with Gasteiger partial charge in [0.15, 0.2) is 0 Å². The number of likely N-dealkylation sites (tertiary alicyclic amines) is 1. The predicted molar refractivity (Wildman–Crippen MR) is 82.8 cm³/mol. The maximum absolute atomic E-state index is 12.2. The molecule has 0 saturated carbocycles. The van der Waals surface area contributed by atoms with Gasteiger partial charge in [-0.15, -0.1) is 0 Å². The molecule has 0 N–H and O–H groups in total. The van der Waals surface area contributed by atoms with Crippen LogP contribution in [0.15, 0.2) is 24.3 Å². The number of nitrogens with zero attached hydrogens (tertiary/aromatic N) is 2. The van der Waals surface area contributed by atoms with Crippen molar-refractivity contribution < 1.29 is 4.79 Å². The highest BCUT2D eigenvalue weighted by Crippen LogP contribution is 2.18. The number of carbonyl (C=O) groups excluding carboxylic acids is 1. The van der Waals surface area contributed by atoms with Crippen LogP contribution in [0.2, 0.25) is 5.02 Å². The minimum Gasteiger partial charge on any atom is -0.342 e. The highest BCUT2D eigenvalue weighted by Gasteiger charge is 2.21. The molecule has 1 aromatic carbocycles. The molecule has 0 bridgehead atoms. The third-order valence-corrected chi connectivity index (χ3v) is 4.31. The lowest BCUT2D eigenvalue weighted by Crippen LogP contribution is -2.42. The van der Waals surface area contributed by atoms with Gasteiger partial charge in [0.1, 0.15) is 0 Å². The van der Waals surface area contributed by atoms with Crippen molar-refractivity contribution in [1.29, 1.82) is 0 Å². The molecule has 0 unspecified atom stereocenters. The van der Waals surface area contributed by atoms with Gasteiger partial charge in [-0.2, -0.15) is 0 Å². The molecule has 1 aromatic rings. The number of benzene rings is 1. The molecule has 3 nitrogen and oxygen atoms in total. The van der Waals surface area contributed by atoms with Crippen molar-refractivity contribution >= 4 is 17.5 Å². The average molecular weight is 295 g/mol. The van der Waals surface area contributed by atoms with Crippen LogP contribution in [-0.4, -0.2) is 42.4 Å². The fourth-order valence-electron chi connectivity index (χ4n) is 2.56. The fourth-order valence-corrected chi connectivity index (χ4v) is 2.76. The molecule has 110 valence electrons.